The lowest BCUT2D eigenvalue weighted by atomic mass is 10.2. The Morgan fingerprint density at radius 3 is 2.63 bits per heavy atom. The van der Waals surface area contributed by atoms with Gasteiger partial charge < -0.3 is 14.4 Å². The van der Waals surface area contributed by atoms with Gasteiger partial charge in [0.1, 0.15) is 12.4 Å². The number of hydrogen-bond acceptors (Lipinski definition) is 6. The third-order valence-corrected chi connectivity index (χ3v) is 7.01. The minimum atomic E-state index is -3.77. The molecule has 1 fully saturated rings. The molecule has 1 amide bonds. The summed E-state index contributed by atoms with van der Waals surface area (Å²) in [5.41, 5.74) is 1.38. The van der Waals surface area contributed by atoms with Crippen molar-refractivity contribution in [1.29, 1.82) is 0 Å². The van der Waals surface area contributed by atoms with Crippen molar-refractivity contribution in [3.8, 4) is 5.75 Å². The molecule has 0 unspecified atom stereocenters. The van der Waals surface area contributed by atoms with Gasteiger partial charge in [0.05, 0.1) is 23.7 Å². The average molecular weight is 451 g/mol. The third-order valence-electron chi connectivity index (χ3n) is 4.76. The third kappa shape index (κ3) is 5.54. The summed E-state index contributed by atoms with van der Waals surface area (Å²) in [6.07, 6.45) is 1.86. The summed E-state index contributed by atoms with van der Waals surface area (Å²) in [5.74, 6) is 0.544. The van der Waals surface area contributed by atoms with Crippen LogP contribution in [0.25, 0.3) is 0 Å². The number of nitrogens with zero attached hydrogens (tertiary/aromatic N) is 1. The quantitative estimate of drug-likeness (QED) is 0.492. The number of aryl methyl sites for hydroxylation is 1. The normalized spacial score (nSPS) is 14.5. The van der Waals surface area contributed by atoms with Gasteiger partial charge in [-0.3, -0.25) is 4.79 Å². The molecule has 0 aliphatic carbocycles. The van der Waals surface area contributed by atoms with E-state index in [1.807, 2.05) is 37.4 Å². The molecule has 0 radical (unpaired) electrons. The van der Waals surface area contributed by atoms with Gasteiger partial charge in [0, 0.05) is 24.5 Å². The monoisotopic (exact) mass is 450 g/mol. The van der Waals surface area contributed by atoms with Crippen LogP contribution in [0.2, 0.25) is 0 Å². The fraction of sp³-hybridized carbons (Fsp3) is 0.381. The summed E-state index contributed by atoms with van der Waals surface area (Å²) in [6, 6.07) is 12.2. The number of para-hydroxylation sites is 1. The Kier molecular flexibility index (Phi) is 7.76. The molecule has 1 saturated heterocycles. The van der Waals surface area contributed by atoms with Crippen molar-refractivity contribution >= 4 is 27.7 Å². The van der Waals surface area contributed by atoms with E-state index in [0.29, 0.717) is 31.9 Å². The van der Waals surface area contributed by atoms with E-state index in [4.69, 9.17) is 9.47 Å². The Hall–Kier alpha value is -2.07. The first kappa shape index (κ1) is 22.6. The van der Waals surface area contributed by atoms with Gasteiger partial charge in [-0.2, -0.15) is 0 Å². The predicted octanol–water partition coefficient (Wildman–Crippen LogP) is 2.55. The Morgan fingerprint density at radius 1 is 1.20 bits per heavy atom. The maximum atomic E-state index is 12.9. The van der Waals surface area contributed by atoms with Crippen LogP contribution in [0.15, 0.2) is 52.3 Å². The maximum Gasteiger partial charge on any atom is 0.255 e. The van der Waals surface area contributed by atoms with E-state index in [0.717, 1.165) is 16.2 Å². The topological polar surface area (TPSA) is 84.9 Å². The van der Waals surface area contributed by atoms with Gasteiger partial charge in [0.15, 0.2) is 0 Å². The molecule has 9 heteroatoms. The number of hydrogen-bond donors (Lipinski definition) is 1. The van der Waals surface area contributed by atoms with E-state index >= 15 is 0 Å². The molecule has 1 heterocycles. The molecule has 7 nitrogen and oxygen atoms in total. The van der Waals surface area contributed by atoms with Gasteiger partial charge in [-0.25, -0.2) is 13.1 Å². The number of sulfonamides is 1. The molecule has 2 aromatic carbocycles. The van der Waals surface area contributed by atoms with E-state index in [2.05, 4.69) is 4.72 Å². The molecule has 1 aliphatic rings. The Labute approximate surface area is 181 Å². The lowest BCUT2D eigenvalue weighted by molar-refractivity contribution is 0.0300. The summed E-state index contributed by atoms with van der Waals surface area (Å²) in [4.78, 5) is 15.4. The van der Waals surface area contributed by atoms with Crippen LogP contribution in [0, 0.1) is 6.92 Å². The van der Waals surface area contributed by atoms with Crippen molar-refractivity contribution in [3.63, 3.8) is 0 Å². The van der Waals surface area contributed by atoms with Crippen LogP contribution in [0.3, 0.4) is 0 Å². The first-order chi connectivity index (χ1) is 14.4. The van der Waals surface area contributed by atoms with Gasteiger partial charge in [-0.15, -0.1) is 11.8 Å². The van der Waals surface area contributed by atoms with E-state index in [9.17, 15) is 13.2 Å². The Morgan fingerprint density at radius 2 is 1.93 bits per heavy atom. The number of thioether (sulfide) groups is 1. The highest BCUT2D eigenvalue weighted by Gasteiger charge is 2.24. The van der Waals surface area contributed by atoms with Crippen LogP contribution in [-0.2, 0) is 14.8 Å². The number of carbonyl (C=O) groups excluding carboxylic acids is 1. The van der Waals surface area contributed by atoms with Gasteiger partial charge in [0.2, 0.25) is 10.0 Å². The zero-order valence-corrected chi connectivity index (χ0v) is 18.7. The highest BCUT2D eigenvalue weighted by atomic mass is 32.2. The summed E-state index contributed by atoms with van der Waals surface area (Å²) in [6.45, 7) is 4.22. The van der Waals surface area contributed by atoms with E-state index in [1.54, 1.807) is 11.0 Å². The lowest BCUT2D eigenvalue weighted by Crippen LogP contribution is -2.41. The number of benzene rings is 2. The largest absolute Gasteiger partial charge is 0.492 e. The van der Waals surface area contributed by atoms with Crippen LogP contribution >= 0.6 is 11.8 Å². The standard InChI is InChI=1S/C21H26N2O5S2/c1-16-5-3-4-6-19(16)28-12-9-22-30(25,26)17-7-8-20(29-2)18(15-17)21(24)23-10-13-27-14-11-23/h3-8,15,22H,9-14H2,1-2H3. The number of amides is 1. The van der Waals surface area contributed by atoms with Crippen LogP contribution in [0.1, 0.15) is 15.9 Å². The molecule has 0 atom stereocenters. The van der Waals surface area contributed by atoms with Crippen LogP contribution < -0.4 is 9.46 Å². The SMILES string of the molecule is CSc1ccc(S(=O)(=O)NCCOc2ccccc2C)cc1C(=O)N1CCOCC1. The Balaban J connectivity index is 1.69. The molecular formula is C21H26N2O5S2. The van der Waals surface area contributed by atoms with E-state index < -0.39 is 10.0 Å². The van der Waals surface area contributed by atoms with Crippen molar-refractivity contribution < 1.29 is 22.7 Å². The van der Waals surface area contributed by atoms with Crippen molar-refractivity contribution in [2.24, 2.45) is 0 Å². The first-order valence-electron chi connectivity index (χ1n) is 9.65. The minimum Gasteiger partial charge on any atom is -0.492 e. The summed E-state index contributed by atoms with van der Waals surface area (Å²) >= 11 is 1.41. The van der Waals surface area contributed by atoms with Gasteiger partial charge in [-0.1, -0.05) is 18.2 Å². The first-order valence-corrected chi connectivity index (χ1v) is 12.4. The number of rotatable bonds is 8. The summed E-state index contributed by atoms with van der Waals surface area (Å²) in [7, 11) is -3.77. The molecule has 0 aromatic heterocycles. The van der Waals surface area contributed by atoms with Crippen molar-refractivity contribution in [2.75, 3.05) is 45.7 Å². The summed E-state index contributed by atoms with van der Waals surface area (Å²) in [5, 5.41) is 0. The predicted molar refractivity (Wildman–Crippen MR) is 117 cm³/mol. The molecule has 162 valence electrons. The second-order valence-electron chi connectivity index (χ2n) is 6.78. The molecule has 30 heavy (non-hydrogen) atoms. The molecule has 2 aromatic rings. The molecule has 0 saturated carbocycles. The molecule has 3 rings (SSSR count). The number of carbonyl (C=O) groups is 1. The van der Waals surface area contributed by atoms with Crippen molar-refractivity contribution in [1.82, 2.24) is 9.62 Å². The number of morpholine rings is 1. The number of nitrogens with one attached hydrogen (secondary N) is 1. The highest BCUT2D eigenvalue weighted by Crippen LogP contribution is 2.25. The molecule has 0 bridgehead atoms. The van der Waals surface area contributed by atoms with E-state index in [-0.39, 0.29) is 24.0 Å². The van der Waals surface area contributed by atoms with Crippen LogP contribution in [0.4, 0.5) is 0 Å². The smallest absolute Gasteiger partial charge is 0.255 e. The fourth-order valence-corrected chi connectivity index (χ4v) is 4.71. The summed E-state index contributed by atoms with van der Waals surface area (Å²) < 4.78 is 39.0. The number of ether oxygens (including phenoxy) is 2. The fourth-order valence-electron chi connectivity index (χ4n) is 3.10. The zero-order valence-electron chi connectivity index (χ0n) is 17.1. The van der Waals surface area contributed by atoms with Gasteiger partial charge in [0.25, 0.3) is 5.91 Å². The molecule has 1 N–H and O–H groups in total. The average Bonchev–Trinajstić information content (AvgIpc) is 2.77. The van der Waals surface area contributed by atoms with E-state index in [1.165, 1.54) is 23.9 Å². The molecular weight excluding hydrogens is 424 g/mol. The maximum absolute atomic E-state index is 12.9. The van der Waals surface area contributed by atoms with Crippen LogP contribution in [0.5, 0.6) is 5.75 Å². The second-order valence-corrected chi connectivity index (χ2v) is 9.39. The second kappa shape index (κ2) is 10.3. The van der Waals surface area contributed by atoms with Crippen molar-refractivity contribution in [2.45, 2.75) is 16.7 Å². The molecule has 0 spiro atoms. The minimum absolute atomic E-state index is 0.0628. The highest BCUT2D eigenvalue weighted by molar-refractivity contribution is 7.98. The van der Waals surface area contributed by atoms with Gasteiger partial charge in [-0.05, 0) is 43.0 Å². The Bertz CT molecular complexity index is 989. The van der Waals surface area contributed by atoms with Crippen molar-refractivity contribution in [3.05, 3.63) is 53.6 Å². The van der Waals surface area contributed by atoms with Crippen LogP contribution in [-0.4, -0.2) is 64.9 Å². The molecule has 1 aliphatic heterocycles. The zero-order chi connectivity index (χ0) is 21.6. The van der Waals surface area contributed by atoms with Gasteiger partial charge >= 0.3 is 0 Å². The lowest BCUT2D eigenvalue weighted by Gasteiger charge is -2.27.